The molecule has 1 heteroatoms. The summed E-state index contributed by atoms with van der Waals surface area (Å²) in [5.41, 5.74) is 0. The van der Waals surface area contributed by atoms with Crippen LogP contribution in [0.1, 0.15) is 19.8 Å². The van der Waals surface area contributed by atoms with Gasteiger partial charge in [-0.15, -0.1) is 0 Å². The zero-order valence-corrected chi connectivity index (χ0v) is 5.26. The number of fused-ring (bicyclic) bond motifs is 1. The van der Waals surface area contributed by atoms with E-state index >= 15 is 0 Å². The Balaban J connectivity index is 1.94. The molecule has 3 atom stereocenters. The topological polar surface area (TPSA) is 9.23 Å². The second kappa shape index (κ2) is 1.47. The molecule has 0 radical (unpaired) electrons. The SMILES string of the molecule is CCC1C2CCO[C@H]12. The normalized spacial score (nSPS) is 51.4. The van der Waals surface area contributed by atoms with Gasteiger partial charge in [-0.05, 0) is 18.3 Å². The summed E-state index contributed by atoms with van der Waals surface area (Å²) in [6.07, 6.45) is 3.36. The minimum Gasteiger partial charge on any atom is -0.378 e. The van der Waals surface area contributed by atoms with E-state index in [1.54, 1.807) is 0 Å². The van der Waals surface area contributed by atoms with Crippen molar-refractivity contribution < 1.29 is 4.74 Å². The first-order chi connectivity index (χ1) is 3.93. The molecule has 0 aromatic heterocycles. The van der Waals surface area contributed by atoms with Crippen LogP contribution in [0.2, 0.25) is 0 Å². The Kier molecular flexibility index (Phi) is 0.884. The second-order valence-corrected chi connectivity index (χ2v) is 2.86. The number of rotatable bonds is 1. The van der Waals surface area contributed by atoms with Crippen LogP contribution >= 0.6 is 0 Å². The van der Waals surface area contributed by atoms with Crippen molar-refractivity contribution in [2.24, 2.45) is 11.8 Å². The van der Waals surface area contributed by atoms with Gasteiger partial charge in [0.15, 0.2) is 0 Å². The molecule has 0 amide bonds. The molecule has 1 aliphatic carbocycles. The maximum absolute atomic E-state index is 5.43. The van der Waals surface area contributed by atoms with Crippen LogP contribution < -0.4 is 0 Å². The Hall–Kier alpha value is -0.0400. The molecular weight excluding hydrogens is 100 g/mol. The van der Waals surface area contributed by atoms with Gasteiger partial charge in [-0.2, -0.15) is 0 Å². The zero-order valence-electron chi connectivity index (χ0n) is 5.26. The monoisotopic (exact) mass is 112 g/mol. The molecule has 0 aromatic carbocycles. The molecule has 2 unspecified atom stereocenters. The smallest absolute Gasteiger partial charge is 0.0639 e. The van der Waals surface area contributed by atoms with Crippen molar-refractivity contribution in [2.75, 3.05) is 6.61 Å². The zero-order chi connectivity index (χ0) is 5.56. The highest BCUT2D eigenvalue weighted by Gasteiger charge is 2.52. The maximum Gasteiger partial charge on any atom is 0.0639 e. The molecule has 0 spiro atoms. The molecule has 0 aromatic rings. The Labute approximate surface area is 50.0 Å². The summed E-state index contributed by atoms with van der Waals surface area (Å²) in [5, 5.41) is 0. The van der Waals surface area contributed by atoms with E-state index in [0.717, 1.165) is 18.4 Å². The Morgan fingerprint density at radius 2 is 2.50 bits per heavy atom. The third kappa shape index (κ3) is 0.455. The van der Waals surface area contributed by atoms with Crippen LogP contribution in [0.3, 0.4) is 0 Å². The van der Waals surface area contributed by atoms with Gasteiger partial charge in [0, 0.05) is 6.61 Å². The molecule has 2 rings (SSSR count). The van der Waals surface area contributed by atoms with Crippen molar-refractivity contribution in [3.05, 3.63) is 0 Å². The molecule has 2 fully saturated rings. The van der Waals surface area contributed by atoms with E-state index in [-0.39, 0.29) is 0 Å². The third-order valence-corrected chi connectivity index (χ3v) is 2.49. The molecule has 1 heterocycles. The lowest BCUT2D eigenvalue weighted by atomic mass is 10.2. The predicted molar refractivity (Wildman–Crippen MR) is 31.6 cm³/mol. The van der Waals surface area contributed by atoms with Crippen molar-refractivity contribution >= 4 is 0 Å². The van der Waals surface area contributed by atoms with E-state index in [4.69, 9.17) is 4.74 Å². The second-order valence-electron chi connectivity index (χ2n) is 2.86. The van der Waals surface area contributed by atoms with Crippen LogP contribution in [0.5, 0.6) is 0 Å². The van der Waals surface area contributed by atoms with Crippen molar-refractivity contribution in [3.8, 4) is 0 Å². The van der Waals surface area contributed by atoms with Gasteiger partial charge < -0.3 is 4.74 Å². The quantitative estimate of drug-likeness (QED) is 0.498. The Morgan fingerprint density at radius 3 is 2.88 bits per heavy atom. The van der Waals surface area contributed by atoms with E-state index in [2.05, 4.69) is 6.92 Å². The molecule has 2 aliphatic rings. The summed E-state index contributed by atoms with van der Waals surface area (Å²) in [4.78, 5) is 0. The fourth-order valence-electron chi connectivity index (χ4n) is 1.91. The lowest BCUT2D eigenvalue weighted by Gasteiger charge is -1.96. The van der Waals surface area contributed by atoms with Gasteiger partial charge in [-0.3, -0.25) is 0 Å². The van der Waals surface area contributed by atoms with Crippen molar-refractivity contribution in [1.82, 2.24) is 0 Å². The summed E-state index contributed by atoms with van der Waals surface area (Å²) >= 11 is 0. The van der Waals surface area contributed by atoms with Crippen LogP contribution in [-0.2, 0) is 4.74 Å². The molecule has 1 aliphatic heterocycles. The summed E-state index contributed by atoms with van der Waals surface area (Å²) in [7, 11) is 0. The fourth-order valence-corrected chi connectivity index (χ4v) is 1.91. The van der Waals surface area contributed by atoms with E-state index < -0.39 is 0 Å². The largest absolute Gasteiger partial charge is 0.378 e. The van der Waals surface area contributed by atoms with Gasteiger partial charge in [0.2, 0.25) is 0 Å². The summed E-state index contributed by atoms with van der Waals surface area (Å²) in [6.45, 7) is 3.29. The number of ether oxygens (including phenoxy) is 1. The number of hydrogen-bond donors (Lipinski definition) is 0. The Morgan fingerprint density at radius 1 is 1.62 bits per heavy atom. The molecule has 1 saturated carbocycles. The summed E-state index contributed by atoms with van der Waals surface area (Å²) in [6, 6.07) is 0. The molecule has 8 heavy (non-hydrogen) atoms. The van der Waals surface area contributed by atoms with Crippen molar-refractivity contribution in [2.45, 2.75) is 25.9 Å². The van der Waals surface area contributed by atoms with Crippen LogP contribution in [0.15, 0.2) is 0 Å². The highest BCUT2D eigenvalue weighted by Crippen LogP contribution is 2.50. The molecular formula is C7H12O. The molecule has 1 nitrogen and oxygen atoms in total. The average Bonchev–Trinajstić information content (AvgIpc) is 2.22. The van der Waals surface area contributed by atoms with Crippen LogP contribution in [0, 0.1) is 11.8 Å². The average molecular weight is 112 g/mol. The summed E-state index contributed by atoms with van der Waals surface area (Å²) in [5.74, 6) is 1.92. The van der Waals surface area contributed by atoms with Gasteiger partial charge in [0.1, 0.15) is 0 Å². The van der Waals surface area contributed by atoms with Gasteiger partial charge in [-0.25, -0.2) is 0 Å². The minimum atomic E-state index is 0.694. The van der Waals surface area contributed by atoms with Gasteiger partial charge in [0.05, 0.1) is 6.10 Å². The molecule has 0 N–H and O–H groups in total. The van der Waals surface area contributed by atoms with Crippen LogP contribution in [-0.4, -0.2) is 12.7 Å². The molecule has 46 valence electrons. The van der Waals surface area contributed by atoms with Crippen LogP contribution in [0.4, 0.5) is 0 Å². The van der Waals surface area contributed by atoms with Crippen LogP contribution in [0.25, 0.3) is 0 Å². The highest BCUT2D eigenvalue weighted by atomic mass is 16.5. The first kappa shape index (κ1) is 4.80. The number of hydrogen-bond acceptors (Lipinski definition) is 1. The molecule has 1 saturated heterocycles. The van der Waals surface area contributed by atoms with E-state index in [0.29, 0.717) is 6.10 Å². The molecule has 0 bridgehead atoms. The van der Waals surface area contributed by atoms with Crippen molar-refractivity contribution in [3.63, 3.8) is 0 Å². The lowest BCUT2D eigenvalue weighted by molar-refractivity contribution is 0.137. The van der Waals surface area contributed by atoms with E-state index in [1.165, 1.54) is 12.8 Å². The first-order valence-electron chi connectivity index (χ1n) is 3.55. The lowest BCUT2D eigenvalue weighted by Crippen LogP contribution is -1.94. The van der Waals surface area contributed by atoms with Gasteiger partial charge in [-0.1, -0.05) is 13.3 Å². The van der Waals surface area contributed by atoms with E-state index in [1.807, 2.05) is 0 Å². The van der Waals surface area contributed by atoms with Gasteiger partial charge in [0.25, 0.3) is 0 Å². The highest BCUT2D eigenvalue weighted by molar-refractivity contribution is 5.00. The third-order valence-electron chi connectivity index (χ3n) is 2.49. The standard InChI is InChI=1S/C7H12O/c1-2-5-6-3-4-8-7(5)6/h5-7H,2-4H2,1H3/t5?,6?,7-/m1/s1. The van der Waals surface area contributed by atoms with Crippen molar-refractivity contribution in [1.29, 1.82) is 0 Å². The fraction of sp³-hybridized carbons (Fsp3) is 1.00. The van der Waals surface area contributed by atoms with Gasteiger partial charge >= 0.3 is 0 Å². The minimum absolute atomic E-state index is 0.694. The maximum atomic E-state index is 5.43. The predicted octanol–water partition coefficient (Wildman–Crippen LogP) is 1.43. The Bertz CT molecular complexity index is 83.8. The summed E-state index contributed by atoms with van der Waals surface area (Å²) < 4.78 is 5.43. The van der Waals surface area contributed by atoms with E-state index in [9.17, 15) is 0 Å². The first-order valence-corrected chi connectivity index (χ1v) is 3.55.